The Morgan fingerprint density at radius 3 is 2.70 bits per heavy atom. The number of aromatic amines is 1. The Labute approximate surface area is 254 Å². The zero-order valence-electron chi connectivity index (χ0n) is 24.4. The molecule has 2 atom stereocenters. The molecule has 1 saturated heterocycles. The van der Waals surface area contributed by atoms with E-state index in [2.05, 4.69) is 25.3 Å². The van der Waals surface area contributed by atoms with Crippen LogP contribution in [0.25, 0.3) is 22.1 Å². The summed E-state index contributed by atoms with van der Waals surface area (Å²) in [7, 11) is 0. The number of nitrogens with zero attached hydrogens (tertiary/aromatic N) is 5. The molecule has 1 saturated carbocycles. The molecule has 0 spiro atoms. The Kier molecular flexibility index (Phi) is 7.93. The second-order valence-electron chi connectivity index (χ2n) is 11.5. The van der Waals surface area contributed by atoms with Crippen LogP contribution in [0.15, 0.2) is 73.4 Å². The SMILES string of the molecule is O=C(CN(c1ncnc2c1ncn2C1CCCCO1)C1CC1)N[C@@H](Cc1c[nH]c2ccccc12)C(=O)OCc1ccccc1. The number of aromatic nitrogens is 5. The van der Waals surface area contributed by atoms with E-state index in [9.17, 15) is 9.59 Å². The topological polar surface area (TPSA) is 127 Å². The van der Waals surface area contributed by atoms with Crippen LogP contribution >= 0.6 is 0 Å². The highest BCUT2D eigenvalue weighted by molar-refractivity contribution is 5.91. The maximum absolute atomic E-state index is 13.7. The standard InChI is InChI=1S/C33H35N7O4/c41-28(18-39(24-13-14-24)31-30-32(36-20-35-31)40(21-37-30)29-12-6-7-15-43-29)38-27(33(42)44-19-22-8-2-1-3-9-22)16-23-17-34-26-11-5-4-10-25(23)26/h1-5,8-11,17,20-21,24,27,29,34H,6-7,12-16,18-19H2,(H,38,41)/t27-,29?/m0/s1. The van der Waals surface area contributed by atoms with Crippen LogP contribution in [0.3, 0.4) is 0 Å². The second-order valence-corrected chi connectivity index (χ2v) is 11.5. The van der Waals surface area contributed by atoms with E-state index in [1.54, 1.807) is 6.33 Å². The van der Waals surface area contributed by atoms with E-state index in [-0.39, 0.29) is 37.7 Å². The Bertz CT molecular complexity index is 1760. The number of imidazole rings is 1. The molecule has 2 aliphatic rings. The molecule has 1 aliphatic carbocycles. The lowest BCUT2D eigenvalue weighted by Crippen LogP contribution is -2.48. The summed E-state index contributed by atoms with van der Waals surface area (Å²) in [6.07, 6.45) is 10.3. The molecule has 3 aromatic heterocycles. The largest absolute Gasteiger partial charge is 0.459 e. The van der Waals surface area contributed by atoms with Crippen LogP contribution in [-0.2, 0) is 32.1 Å². The molecule has 1 amide bonds. The predicted octanol–water partition coefficient (Wildman–Crippen LogP) is 4.45. The van der Waals surface area contributed by atoms with Gasteiger partial charge >= 0.3 is 5.97 Å². The number of H-pyrrole nitrogens is 1. The van der Waals surface area contributed by atoms with Gasteiger partial charge < -0.3 is 24.7 Å². The van der Waals surface area contributed by atoms with Gasteiger partial charge in [0.05, 0.1) is 12.9 Å². The zero-order chi connectivity index (χ0) is 29.9. The summed E-state index contributed by atoms with van der Waals surface area (Å²) < 4.78 is 13.6. The van der Waals surface area contributed by atoms with Crippen molar-refractivity contribution < 1.29 is 19.1 Å². The van der Waals surface area contributed by atoms with Gasteiger partial charge in [-0.25, -0.2) is 19.7 Å². The van der Waals surface area contributed by atoms with E-state index in [0.717, 1.165) is 54.1 Å². The number of ether oxygens (including phenoxy) is 2. The average molecular weight is 594 g/mol. The summed E-state index contributed by atoms with van der Waals surface area (Å²) in [5.41, 5.74) is 4.10. The van der Waals surface area contributed by atoms with Gasteiger partial charge in [-0.3, -0.25) is 9.36 Å². The van der Waals surface area contributed by atoms with Crippen molar-refractivity contribution in [2.45, 2.75) is 63.4 Å². The van der Waals surface area contributed by atoms with Gasteiger partial charge in [-0.2, -0.15) is 0 Å². The van der Waals surface area contributed by atoms with Crippen LogP contribution < -0.4 is 10.2 Å². The summed E-state index contributed by atoms with van der Waals surface area (Å²) in [5.74, 6) is -0.164. The normalized spacial score (nSPS) is 17.4. The first-order valence-electron chi connectivity index (χ1n) is 15.2. The van der Waals surface area contributed by atoms with E-state index in [0.29, 0.717) is 23.6 Å². The van der Waals surface area contributed by atoms with E-state index < -0.39 is 12.0 Å². The molecule has 7 rings (SSSR count). The van der Waals surface area contributed by atoms with Crippen LogP contribution in [0.5, 0.6) is 0 Å². The fourth-order valence-electron chi connectivity index (χ4n) is 5.90. The quantitative estimate of drug-likeness (QED) is 0.215. The number of amides is 1. The minimum Gasteiger partial charge on any atom is -0.459 e. The molecule has 0 bridgehead atoms. The van der Waals surface area contributed by atoms with E-state index in [1.165, 1.54) is 6.33 Å². The Hall–Kier alpha value is -4.77. The Morgan fingerprint density at radius 1 is 1.05 bits per heavy atom. The molecule has 44 heavy (non-hydrogen) atoms. The molecule has 2 N–H and O–H groups in total. The number of hydrogen-bond donors (Lipinski definition) is 2. The van der Waals surface area contributed by atoms with Crippen LogP contribution in [0.1, 0.15) is 49.5 Å². The van der Waals surface area contributed by atoms with Crippen molar-refractivity contribution in [3.63, 3.8) is 0 Å². The maximum atomic E-state index is 13.7. The number of para-hydroxylation sites is 1. The molecule has 4 heterocycles. The average Bonchev–Trinajstić information content (AvgIpc) is 3.69. The smallest absolute Gasteiger partial charge is 0.329 e. The molecule has 11 heteroatoms. The predicted molar refractivity (Wildman–Crippen MR) is 165 cm³/mol. The first-order valence-corrected chi connectivity index (χ1v) is 15.2. The van der Waals surface area contributed by atoms with E-state index in [1.807, 2.05) is 70.3 Å². The summed E-state index contributed by atoms with van der Waals surface area (Å²) in [6.45, 7) is 0.866. The van der Waals surface area contributed by atoms with Crippen LogP contribution in [0.4, 0.5) is 5.82 Å². The van der Waals surface area contributed by atoms with E-state index in [4.69, 9.17) is 9.47 Å². The Balaban J connectivity index is 1.11. The maximum Gasteiger partial charge on any atom is 0.329 e. The second kappa shape index (κ2) is 12.5. The highest BCUT2D eigenvalue weighted by atomic mass is 16.5. The lowest BCUT2D eigenvalue weighted by molar-refractivity contribution is -0.149. The molecular formula is C33H35N7O4. The molecular weight excluding hydrogens is 558 g/mol. The van der Waals surface area contributed by atoms with Gasteiger partial charge in [-0.1, -0.05) is 48.5 Å². The molecule has 1 aliphatic heterocycles. The minimum absolute atomic E-state index is 0.0277. The van der Waals surface area contributed by atoms with Crippen molar-refractivity contribution in [3.8, 4) is 0 Å². The van der Waals surface area contributed by atoms with Crippen LogP contribution in [0, 0.1) is 0 Å². The fraction of sp³-hybridized carbons (Fsp3) is 0.364. The fourth-order valence-corrected chi connectivity index (χ4v) is 5.90. The zero-order valence-corrected chi connectivity index (χ0v) is 24.4. The van der Waals surface area contributed by atoms with Crippen LogP contribution in [0.2, 0.25) is 0 Å². The lowest BCUT2D eigenvalue weighted by Gasteiger charge is -2.25. The summed E-state index contributed by atoms with van der Waals surface area (Å²) in [4.78, 5) is 46.1. The monoisotopic (exact) mass is 593 g/mol. The molecule has 2 fully saturated rings. The third-order valence-corrected chi connectivity index (χ3v) is 8.32. The number of carbonyl (C=O) groups is 2. The van der Waals surface area contributed by atoms with Gasteiger partial charge in [-0.05, 0) is 49.3 Å². The van der Waals surface area contributed by atoms with Crippen molar-refractivity contribution >= 4 is 39.8 Å². The van der Waals surface area contributed by atoms with Crippen LogP contribution in [-0.4, -0.2) is 61.6 Å². The summed E-state index contributed by atoms with van der Waals surface area (Å²) >= 11 is 0. The van der Waals surface area contributed by atoms with Gasteiger partial charge in [0.15, 0.2) is 17.0 Å². The molecule has 11 nitrogen and oxygen atoms in total. The number of esters is 1. The third-order valence-electron chi connectivity index (χ3n) is 8.32. The number of anilines is 1. The van der Waals surface area contributed by atoms with Crippen molar-refractivity contribution in [2.75, 3.05) is 18.1 Å². The molecule has 0 radical (unpaired) electrons. The van der Waals surface area contributed by atoms with Crippen molar-refractivity contribution in [2.24, 2.45) is 0 Å². The number of nitrogens with one attached hydrogen (secondary N) is 2. The first-order chi connectivity index (χ1) is 21.6. The van der Waals surface area contributed by atoms with E-state index >= 15 is 0 Å². The lowest BCUT2D eigenvalue weighted by atomic mass is 10.0. The van der Waals surface area contributed by atoms with Crippen molar-refractivity contribution in [3.05, 3.63) is 84.6 Å². The Morgan fingerprint density at radius 2 is 1.89 bits per heavy atom. The van der Waals surface area contributed by atoms with Crippen molar-refractivity contribution in [1.29, 1.82) is 0 Å². The number of benzene rings is 2. The van der Waals surface area contributed by atoms with Gasteiger partial charge in [0, 0.05) is 36.2 Å². The first kappa shape index (κ1) is 28.0. The number of hydrogen-bond acceptors (Lipinski definition) is 8. The van der Waals surface area contributed by atoms with Gasteiger partial charge in [0.1, 0.15) is 25.2 Å². The third kappa shape index (κ3) is 6.00. The summed E-state index contributed by atoms with van der Waals surface area (Å²) in [6, 6.07) is 16.7. The molecule has 226 valence electrons. The highest BCUT2D eigenvalue weighted by Crippen LogP contribution is 2.34. The number of rotatable bonds is 11. The highest BCUT2D eigenvalue weighted by Gasteiger charge is 2.35. The summed E-state index contributed by atoms with van der Waals surface area (Å²) in [5, 5.41) is 3.99. The molecule has 2 aromatic carbocycles. The van der Waals surface area contributed by atoms with Gasteiger partial charge in [0.25, 0.3) is 0 Å². The van der Waals surface area contributed by atoms with Gasteiger partial charge in [-0.15, -0.1) is 0 Å². The number of carbonyl (C=O) groups excluding carboxylic acids is 2. The minimum atomic E-state index is -0.875. The van der Waals surface area contributed by atoms with Gasteiger partial charge in [0.2, 0.25) is 5.91 Å². The van der Waals surface area contributed by atoms with Crippen molar-refractivity contribution in [1.82, 2.24) is 29.8 Å². The molecule has 5 aromatic rings. The number of fused-ring (bicyclic) bond motifs is 2. The molecule has 1 unspecified atom stereocenters.